The Labute approximate surface area is 172 Å². The third-order valence-corrected chi connectivity index (χ3v) is 5.29. The Morgan fingerprint density at radius 2 is 1.21 bits per heavy atom. The summed E-state index contributed by atoms with van der Waals surface area (Å²) >= 11 is 3.06. The molecule has 0 spiro atoms. The predicted octanol–water partition coefficient (Wildman–Crippen LogP) is 6.39. The molecule has 0 aliphatic heterocycles. The summed E-state index contributed by atoms with van der Waals surface area (Å²) in [7, 11) is 0. The molecular formula is C24H18BrFN2. The number of imidazole rings is 1. The molecule has 0 atom stereocenters. The summed E-state index contributed by atoms with van der Waals surface area (Å²) < 4.78 is 16.2. The minimum atomic E-state index is -0.679. The lowest BCUT2D eigenvalue weighted by atomic mass is 9.77. The van der Waals surface area contributed by atoms with Gasteiger partial charge in [-0.05, 0) is 16.7 Å². The number of halogens is 2. The van der Waals surface area contributed by atoms with Crippen molar-refractivity contribution in [1.82, 2.24) is 9.55 Å². The maximum atomic E-state index is 14.2. The number of hydrogen-bond acceptors (Lipinski definition) is 1. The number of benzene rings is 3. The summed E-state index contributed by atoms with van der Waals surface area (Å²) in [5.41, 5.74) is 2.81. The van der Waals surface area contributed by atoms with E-state index in [1.54, 1.807) is 12.5 Å². The highest BCUT2D eigenvalue weighted by Crippen LogP contribution is 2.41. The van der Waals surface area contributed by atoms with Crippen LogP contribution in [0.1, 0.15) is 22.4 Å². The highest BCUT2D eigenvalue weighted by Gasteiger charge is 2.38. The number of hydrogen-bond donors (Lipinski definition) is 0. The second kappa shape index (κ2) is 7.95. The summed E-state index contributed by atoms with van der Waals surface area (Å²) in [6, 6.07) is 30.7. The third-order valence-electron chi connectivity index (χ3n) is 4.89. The zero-order valence-electron chi connectivity index (χ0n) is 15.0. The van der Waals surface area contributed by atoms with Crippen molar-refractivity contribution in [3.63, 3.8) is 0 Å². The van der Waals surface area contributed by atoms with E-state index in [1.165, 1.54) is 4.99 Å². The van der Waals surface area contributed by atoms with Gasteiger partial charge in [0.15, 0.2) is 5.83 Å². The van der Waals surface area contributed by atoms with Gasteiger partial charge in [-0.25, -0.2) is 9.37 Å². The van der Waals surface area contributed by atoms with Crippen molar-refractivity contribution in [3.05, 3.63) is 131 Å². The molecule has 0 aliphatic rings. The van der Waals surface area contributed by atoms with Crippen molar-refractivity contribution < 1.29 is 4.39 Å². The summed E-state index contributed by atoms with van der Waals surface area (Å²) in [6.07, 6.45) is 3.44. The van der Waals surface area contributed by atoms with Crippen LogP contribution < -0.4 is 0 Å². The van der Waals surface area contributed by atoms with Crippen molar-refractivity contribution in [2.75, 3.05) is 0 Å². The van der Waals surface area contributed by atoms with Gasteiger partial charge in [-0.1, -0.05) is 107 Å². The molecule has 4 heteroatoms. The van der Waals surface area contributed by atoms with E-state index in [-0.39, 0.29) is 5.69 Å². The molecule has 0 saturated heterocycles. The molecular weight excluding hydrogens is 415 g/mol. The molecule has 0 radical (unpaired) electrons. The van der Waals surface area contributed by atoms with Crippen LogP contribution in [0.2, 0.25) is 0 Å². The van der Waals surface area contributed by atoms with Crippen LogP contribution in [-0.4, -0.2) is 9.55 Å². The monoisotopic (exact) mass is 432 g/mol. The number of nitrogens with zero attached hydrogens (tertiary/aromatic N) is 2. The van der Waals surface area contributed by atoms with Gasteiger partial charge in [0.1, 0.15) is 11.2 Å². The van der Waals surface area contributed by atoms with Crippen LogP contribution in [0.3, 0.4) is 0 Å². The lowest BCUT2D eigenvalue weighted by molar-refractivity contribution is 0.514. The summed E-state index contributed by atoms with van der Waals surface area (Å²) in [4.78, 5) is 5.56. The van der Waals surface area contributed by atoms with E-state index in [1.807, 2.05) is 59.2 Å². The lowest BCUT2D eigenvalue weighted by Crippen LogP contribution is -2.36. The van der Waals surface area contributed by atoms with Gasteiger partial charge >= 0.3 is 0 Å². The molecule has 138 valence electrons. The Kier molecular flexibility index (Phi) is 5.22. The summed E-state index contributed by atoms with van der Waals surface area (Å²) in [6.45, 7) is 0. The molecule has 4 rings (SSSR count). The van der Waals surface area contributed by atoms with Crippen LogP contribution in [0.4, 0.5) is 4.39 Å². The van der Waals surface area contributed by atoms with Crippen LogP contribution in [-0.2, 0) is 5.54 Å². The maximum absolute atomic E-state index is 14.2. The van der Waals surface area contributed by atoms with E-state index in [0.29, 0.717) is 0 Å². The van der Waals surface area contributed by atoms with Gasteiger partial charge in [0.05, 0.1) is 6.33 Å². The quantitative estimate of drug-likeness (QED) is 0.334. The minimum Gasteiger partial charge on any atom is -0.318 e. The first-order valence-corrected chi connectivity index (χ1v) is 9.85. The van der Waals surface area contributed by atoms with Crippen molar-refractivity contribution in [1.29, 1.82) is 0 Å². The van der Waals surface area contributed by atoms with Gasteiger partial charge < -0.3 is 4.57 Å². The molecule has 0 fully saturated rings. The Morgan fingerprint density at radius 3 is 1.61 bits per heavy atom. The molecule has 1 heterocycles. The fourth-order valence-electron chi connectivity index (χ4n) is 3.67. The summed E-state index contributed by atoms with van der Waals surface area (Å²) in [5, 5.41) is 0. The first kappa shape index (κ1) is 18.4. The maximum Gasteiger partial charge on any atom is 0.157 e. The van der Waals surface area contributed by atoms with E-state index in [2.05, 4.69) is 57.3 Å². The van der Waals surface area contributed by atoms with Gasteiger partial charge in [-0.3, -0.25) is 0 Å². The van der Waals surface area contributed by atoms with Gasteiger partial charge in [0.25, 0.3) is 0 Å². The Morgan fingerprint density at radius 1 is 0.786 bits per heavy atom. The molecule has 0 N–H and O–H groups in total. The van der Waals surface area contributed by atoms with Crippen LogP contribution >= 0.6 is 15.9 Å². The van der Waals surface area contributed by atoms with Crippen molar-refractivity contribution in [2.24, 2.45) is 0 Å². The average molecular weight is 433 g/mol. The predicted molar refractivity (Wildman–Crippen MR) is 115 cm³/mol. The minimum absolute atomic E-state index is 0.282. The molecule has 0 unspecified atom stereocenters. The molecule has 1 aromatic heterocycles. The molecule has 0 aliphatic carbocycles. The van der Waals surface area contributed by atoms with Crippen LogP contribution in [0.15, 0.2) is 109 Å². The molecule has 3 aromatic carbocycles. The fourth-order valence-corrected chi connectivity index (χ4v) is 3.91. The van der Waals surface area contributed by atoms with E-state index in [4.69, 9.17) is 0 Å². The smallest absolute Gasteiger partial charge is 0.157 e. The molecule has 0 bridgehead atoms. The van der Waals surface area contributed by atoms with Gasteiger partial charge in [0, 0.05) is 11.2 Å². The first-order valence-electron chi connectivity index (χ1n) is 8.94. The van der Waals surface area contributed by atoms with E-state index < -0.39 is 11.4 Å². The summed E-state index contributed by atoms with van der Waals surface area (Å²) in [5.74, 6) is -0.415. The van der Waals surface area contributed by atoms with Crippen LogP contribution in [0.25, 0.3) is 5.83 Å². The van der Waals surface area contributed by atoms with E-state index >= 15 is 0 Å². The van der Waals surface area contributed by atoms with Crippen molar-refractivity contribution in [2.45, 2.75) is 5.54 Å². The standard InChI is InChI=1S/C24H18BrFN2/c25-16-22(26)23-17-28(18-27-23)24(19-10-4-1-5-11-19,20-12-6-2-7-13-20)21-14-8-3-9-15-21/h1-18H/b22-16-. The topological polar surface area (TPSA) is 17.8 Å². The van der Waals surface area contributed by atoms with Gasteiger partial charge in [-0.15, -0.1) is 0 Å². The van der Waals surface area contributed by atoms with Crippen LogP contribution in [0.5, 0.6) is 0 Å². The highest BCUT2D eigenvalue weighted by atomic mass is 79.9. The Hall–Kier alpha value is -2.98. The molecule has 0 saturated carbocycles. The highest BCUT2D eigenvalue weighted by molar-refractivity contribution is 9.11. The zero-order valence-corrected chi connectivity index (χ0v) is 16.6. The van der Waals surface area contributed by atoms with Crippen molar-refractivity contribution >= 4 is 21.8 Å². The van der Waals surface area contributed by atoms with Crippen LogP contribution in [0, 0.1) is 0 Å². The molecule has 2 nitrogen and oxygen atoms in total. The second-order valence-electron chi connectivity index (χ2n) is 6.43. The number of aromatic nitrogens is 2. The van der Waals surface area contributed by atoms with Gasteiger partial charge in [0.2, 0.25) is 0 Å². The number of rotatable bonds is 5. The Bertz CT molecular complexity index is 977. The molecule has 28 heavy (non-hydrogen) atoms. The first-order chi connectivity index (χ1) is 13.8. The SMILES string of the molecule is F/C(=C\Br)c1cn(C(c2ccccc2)(c2ccccc2)c2ccccc2)cn1. The molecule has 0 amide bonds. The third kappa shape index (κ3) is 3.10. The van der Waals surface area contributed by atoms with Crippen molar-refractivity contribution in [3.8, 4) is 0 Å². The van der Waals surface area contributed by atoms with E-state index in [0.717, 1.165) is 16.7 Å². The second-order valence-corrected chi connectivity index (χ2v) is 6.89. The lowest BCUT2D eigenvalue weighted by Gasteiger charge is -2.37. The Balaban J connectivity index is 2.09. The normalized spacial score (nSPS) is 12.1. The van der Waals surface area contributed by atoms with Gasteiger partial charge in [-0.2, -0.15) is 0 Å². The largest absolute Gasteiger partial charge is 0.318 e. The zero-order chi connectivity index (χ0) is 19.4. The molecule has 4 aromatic rings. The average Bonchev–Trinajstić information content (AvgIpc) is 3.26. The van der Waals surface area contributed by atoms with E-state index in [9.17, 15) is 4.39 Å². The fraction of sp³-hybridized carbons (Fsp3) is 0.0417.